The normalized spacial score (nSPS) is 11.9. The van der Waals surface area contributed by atoms with Crippen LogP contribution in [0.2, 0.25) is 0 Å². The van der Waals surface area contributed by atoms with E-state index in [2.05, 4.69) is 15.3 Å². The molecule has 0 amide bonds. The molecule has 0 fully saturated rings. The molecule has 29 heavy (non-hydrogen) atoms. The van der Waals surface area contributed by atoms with Gasteiger partial charge in [-0.15, -0.1) is 0 Å². The standard InChI is InChI=1S/C23H21N3O3/c1-2-29-20-13-16(8-10-19(20)27)21(26-17-6-4-11-24-14-17)18-9-7-15-5-3-12-25-22(15)23(18)28/h3-14,21,26-28H,2H2,1H3/t21-/m0/s1. The van der Waals surface area contributed by atoms with Gasteiger partial charge in [-0.05, 0) is 42.8 Å². The van der Waals surface area contributed by atoms with Crippen LogP contribution in [0.5, 0.6) is 17.2 Å². The van der Waals surface area contributed by atoms with Crippen LogP contribution in [0.3, 0.4) is 0 Å². The number of rotatable bonds is 6. The highest BCUT2D eigenvalue weighted by molar-refractivity contribution is 5.86. The summed E-state index contributed by atoms with van der Waals surface area (Å²) >= 11 is 0. The maximum atomic E-state index is 11.0. The summed E-state index contributed by atoms with van der Waals surface area (Å²) < 4.78 is 5.55. The SMILES string of the molecule is CCOc1cc([C@H](Nc2cccnc2)c2ccc3cccnc3c2O)ccc1O. The first-order valence-corrected chi connectivity index (χ1v) is 9.36. The highest BCUT2D eigenvalue weighted by atomic mass is 16.5. The Bertz CT molecular complexity index is 1130. The number of hydrogen-bond acceptors (Lipinski definition) is 6. The van der Waals surface area contributed by atoms with E-state index < -0.39 is 6.04 Å². The lowest BCUT2D eigenvalue weighted by Gasteiger charge is -2.23. The first-order chi connectivity index (χ1) is 14.2. The summed E-state index contributed by atoms with van der Waals surface area (Å²) in [6.45, 7) is 2.29. The third-order valence-electron chi connectivity index (χ3n) is 4.68. The minimum Gasteiger partial charge on any atom is -0.505 e. The molecule has 6 heteroatoms. The van der Waals surface area contributed by atoms with Crippen LogP contribution >= 0.6 is 0 Å². The average molecular weight is 387 g/mol. The highest BCUT2D eigenvalue weighted by Crippen LogP contribution is 2.38. The molecule has 0 spiro atoms. The minimum absolute atomic E-state index is 0.0696. The molecule has 0 saturated carbocycles. The first kappa shape index (κ1) is 18.6. The van der Waals surface area contributed by atoms with Crippen molar-refractivity contribution in [3.05, 3.63) is 84.3 Å². The Morgan fingerprint density at radius 2 is 1.90 bits per heavy atom. The second-order valence-corrected chi connectivity index (χ2v) is 6.56. The third-order valence-corrected chi connectivity index (χ3v) is 4.68. The van der Waals surface area contributed by atoms with Crippen LogP contribution in [0.1, 0.15) is 24.1 Å². The van der Waals surface area contributed by atoms with Gasteiger partial charge in [-0.1, -0.05) is 24.3 Å². The van der Waals surface area contributed by atoms with E-state index in [1.165, 1.54) is 0 Å². The Kier molecular flexibility index (Phi) is 5.16. The summed E-state index contributed by atoms with van der Waals surface area (Å²) in [6, 6.07) is 16.0. The van der Waals surface area contributed by atoms with Crippen LogP contribution in [0.4, 0.5) is 5.69 Å². The summed E-state index contributed by atoms with van der Waals surface area (Å²) in [5.41, 5.74) is 2.81. The molecule has 0 aliphatic rings. The predicted octanol–water partition coefficient (Wildman–Crippen LogP) is 4.64. The lowest BCUT2D eigenvalue weighted by Crippen LogP contribution is -2.13. The van der Waals surface area contributed by atoms with Gasteiger partial charge in [0, 0.05) is 29.5 Å². The minimum atomic E-state index is -0.412. The molecule has 2 aromatic carbocycles. The number of hydrogen-bond donors (Lipinski definition) is 3. The van der Waals surface area contributed by atoms with Gasteiger partial charge in [0.15, 0.2) is 11.5 Å². The summed E-state index contributed by atoms with van der Waals surface area (Å²) in [4.78, 5) is 8.49. The van der Waals surface area contributed by atoms with E-state index in [0.29, 0.717) is 23.4 Å². The number of benzene rings is 2. The van der Waals surface area contributed by atoms with E-state index in [1.54, 1.807) is 36.8 Å². The van der Waals surface area contributed by atoms with Gasteiger partial charge in [-0.25, -0.2) is 0 Å². The second-order valence-electron chi connectivity index (χ2n) is 6.56. The zero-order valence-corrected chi connectivity index (χ0v) is 15.9. The van der Waals surface area contributed by atoms with Crippen molar-refractivity contribution in [3.8, 4) is 17.2 Å². The van der Waals surface area contributed by atoms with Crippen molar-refractivity contribution in [1.29, 1.82) is 0 Å². The van der Waals surface area contributed by atoms with E-state index in [1.807, 2.05) is 43.3 Å². The van der Waals surface area contributed by atoms with E-state index in [-0.39, 0.29) is 11.5 Å². The Balaban J connectivity index is 1.85. The number of anilines is 1. The van der Waals surface area contributed by atoms with Gasteiger partial charge in [-0.3, -0.25) is 9.97 Å². The number of aromatic nitrogens is 2. The monoisotopic (exact) mass is 387 g/mol. The molecule has 0 aliphatic heterocycles. The molecule has 0 bridgehead atoms. The van der Waals surface area contributed by atoms with Crippen LogP contribution in [0, 0.1) is 0 Å². The van der Waals surface area contributed by atoms with Crippen molar-refractivity contribution in [2.24, 2.45) is 0 Å². The molecule has 1 atom stereocenters. The molecule has 4 rings (SSSR count). The van der Waals surface area contributed by atoms with Gasteiger partial charge in [0.25, 0.3) is 0 Å². The number of nitrogens with one attached hydrogen (secondary N) is 1. The van der Waals surface area contributed by atoms with Gasteiger partial charge >= 0.3 is 0 Å². The summed E-state index contributed by atoms with van der Waals surface area (Å²) in [5, 5.41) is 25.4. The topological polar surface area (TPSA) is 87.5 Å². The van der Waals surface area contributed by atoms with E-state index in [0.717, 1.165) is 16.6 Å². The molecule has 0 radical (unpaired) electrons. The molecule has 0 aliphatic carbocycles. The van der Waals surface area contributed by atoms with E-state index in [4.69, 9.17) is 4.74 Å². The Labute approximate surface area is 168 Å². The summed E-state index contributed by atoms with van der Waals surface area (Å²) in [6.07, 6.45) is 5.07. The summed E-state index contributed by atoms with van der Waals surface area (Å²) in [7, 11) is 0. The van der Waals surface area contributed by atoms with Crippen molar-refractivity contribution < 1.29 is 14.9 Å². The summed E-state index contributed by atoms with van der Waals surface area (Å²) in [5.74, 6) is 0.567. The molecule has 0 saturated heterocycles. The van der Waals surface area contributed by atoms with Crippen LogP contribution < -0.4 is 10.1 Å². The zero-order valence-electron chi connectivity index (χ0n) is 15.9. The van der Waals surface area contributed by atoms with Crippen molar-refractivity contribution >= 4 is 16.6 Å². The lowest BCUT2D eigenvalue weighted by atomic mass is 9.95. The van der Waals surface area contributed by atoms with Crippen LogP contribution in [0.25, 0.3) is 10.9 Å². The molecule has 4 aromatic rings. The quantitative estimate of drug-likeness (QED) is 0.447. The van der Waals surface area contributed by atoms with Gasteiger partial charge in [-0.2, -0.15) is 0 Å². The number of phenols is 2. The molecule has 6 nitrogen and oxygen atoms in total. The number of phenolic OH excluding ortho intramolecular Hbond substituents is 2. The molecule has 2 heterocycles. The number of ether oxygens (including phenoxy) is 1. The van der Waals surface area contributed by atoms with Crippen LogP contribution in [-0.4, -0.2) is 26.8 Å². The first-order valence-electron chi connectivity index (χ1n) is 9.36. The third kappa shape index (κ3) is 3.78. The second kappa shape index (κ2) is 8.06. The molecular weight excluding hydrogens is 366 g/mol. The van der Waals surface area contributed by atoms with Gasteiger partial charge in [0.05, 0.1) is 18.3 Å². The maximum absolute atomic E-state index is 11.0. The van der Waals surface area contributed by atoms with Crippen molar-refractivity contribution in [1.82, 2.24) is 9.97 Å². The molecule has 146 valence electrons. The number of nitrogens with zero attached hydrogens (tertiary/aromatic N) is 2. The fraction of sp³-hybridized carbons (Fsp3) is 0.130. The van der Waals surface area contributed by atoms with E-state index >= 15 is 0 Å². The fourth-order valence-electron chi connectivity index (χ4n) is 3.32. The molecule has 3 N–H and O–H groups in total. The number of fused-ring (bicyclic) bond motifs is 1. The van der Waals surface area contributed by atoms with Gasteiger partial charge in [0.1, 0.15) is 11.3 Å². The van der Waals surface area contributed by atoms with Crippen LogP contribution in [0.15, 0.2) is 73.2 Å². The van der Waals surface area contributed by atoms with Gasteiger partial charge in [0.2, 0.25) is 0 Å². The van der Waals surface area contributed by atoms with Crippen LogP contribution in [-0.2, 0) is 0 Å². The lowest BCUT2D eigenvalue weighted by molar-refractivity contribution is 0.317. The average Bonchev–Trinajstić information content (AvgIpc) is 2.75. The Hall–Kier alpha value is -3.80. The van der Waals surface area contributed by atoms with Gasteiger partial charge < -0.3 is 20.3 Å². The van der Waals surface area contributed by atoms with Crippen molar-refractivity contribution in [2.45, 2.75) is 13.0 Å². The van der Waals surface area contributed by atoms with E-state index in [9.17, 15) is 10.2 Å². The Morgan fingerprint density at radius 1 is 1.03 bits per heavy atom. The highest BCUT2D eigenvalue weighted by Gasteiger charge is 2.21. The Morgan fingerprint density at radius 3 is 2.69 bits per heavy atom. The zero-order chi connectivity index (χ0) is 20.2. The number of pyridine rings is 2. The maximum Gasteiger partial charge on any atom is 0.161 e. The molecule has 0 unspecified atom stereocenters. The molecule has 2 aromatic heterocycles. The largest absolute Gasteiger partial charge is 0.505 e. The molecular formula is C23H21N3O3. The van der Waals surface area contributed by atoms with Crippen molar-refractivity contribution in [3.63, 3.8) is 0 Å². The van der Waals surface area contributed by atoms with Crippen molar-refractivity contribution in [2.75, 3.05) is 11.9 Å². The number of aromatic hydroxyl groups is 2. The predicted molar refractivity (Wildman–Crippen MR) is 112 cm³/mol. The fourth-order valence-corrected chi connectivity index (χ4v) is 3.32. The smallest absolute Gasteiger partial charge is 0.161 e.